The van der Waals surface area contributed by atoms with Crippen LogP contribution in [0.25, 0.3) is 21.5 Å². The van der Waals surface area contributed by atoms with Crippen LogP contribution in [0.1, 0.15) is 85.4 Å². The SMILES string of the molecule is Cc1ccc(C2=NN(c3ccc(C(=O)c4ccc(N5N=C(c6ccc(C)c(C)c6)CC5c5cccc6ccccc56)cc4)cc3)C(c3cccc4ccccc34)C2)cc1C. The molecule has 60 heavy (non-hydrogen) atoms. The molecule has 0 N–H and O–H groups in total. The molecule has 292 valence electrons. The molecule has 0 amide bonds. The molecule has 0 saturated carbocycles. The zero-order valence-electron chi connectivity index (χ0n) is 34.4. The van der Waals surface area contributed by atoms with Crippen molar-refractivity contribution in [2.45, 2.75) is 52.6 Å². The quantitative estimate of drug-likeness (QED) is 0.144. The summed E-state index contributed by atoms with van der Waals surface area (Å²) in [4.78, 5) is 14.1. The summed E-state index contributed by atoms with van der Waals surface area (Å²) in [6, 6.07) is 59.3. The third-order valence-electron chi connectivity index (χ3n) is 12.7. The monoisotopic (exact) mass is 778 g/mol. The fourth-order valence-electron chi connectivity index (χ4n) is 8.95. The second-order valence-corrected chi connectivity index (χ2v) is 16.4. The molecular weight excluding hydrogens is 733 g/mol. The van der Waals surface area contributed by atoms with Crippen LogP contribution in [0, 0.1) is 27.7 Å². The number of rotatable bonds is 8. The molecule has 0 aliphatic carbocycles. The van der Waals surface area contributed by atoms with Gasteiger partial charge in [-0.3, -0.25) is 14.8 Å². The summed E-state index contributed by atoms with van der Waals surface area (Å²) < 4.78 is 0. The Morgan fingerprint density at radius 2 is 0.850 bits per heavy atom. The highest BCUT2D eigenvalue weighted by molar-refractivity contribution is 6.10. The van der Waals surface area contributed by atoms with Gasteiger partial charge in [-0.2, -0.15) is 10.2 Å². The van der Waals surface area contributed by atoms with E-state index in [-0.39, 0.29) is 17.9 Å². The molecule has 0 radical (unpaired) electrons. The summed E-state index contributed by atoms with van der Waals surface area (Å²) in [5.41, 5.74) is 15.1. The van der Waals surface area contributed by atoms with E-state index in [4.69, 9.17) is 10.2 Å². The average Bonchev–Trinajstić information content (AvgIpc) is 3.94. The molecule has 2 aliphatic heterocycles. The Kier molecular flexibility index (Phi) is 9.45. The van der Waals surface area contributed by atoms with E-state index >= 15 is 0 Å². The van der Waals surface area contributed by atoms with Crippen LogP contribution in [0.4, 0.5) is 11.4 Å². The van der Waals surface area contributed by atoms with Crippen LogP contribution in [0.2, 0.25) is 0 Å². The highest BCUT2D eigenvalue weighted by Crippen LogP contribution is 2.42. The molecule has 2 aliphatic rings. The van der Waals surface area contributed by atoms with Crippen molar-refractivity contribution in [1.82, 2.24) is 0 Å². The number of anilines is 2. The molecule has 0 saturated heterocycles. The molecule has 0 fully saturated rings. The molecule has 2 heterocycles. The predicted molar refractivity (Wildman–Crippen MR) is 249 cm³/mol. The molecule has 0 spiro atoms. The van der Waals surface area contributed by atoms with Crippen molar-refractivity contribution in [3.63, 3.8) is 0 Å². The largest absolute Gasteiger partial charge is 0.289 e. The molecule has 8 aromatic carbocycles. The zero-order chi connectivity index (χ0) is 40.9. The Labute approximate surface area is 351 Å². The van der Waals surface area contributed by atoms with Gasteiger partial charge in [0.25, 0.3) is 0 Å². The van der Waals surface area contributed by atoms with Crippen molar-refractivity contribution >= 4 is 50.1 Å². The maximum atomic E-state index is 14.1. The van der Waals surface area contributed by atoms with E-state index in [0.717, 1.165) is 46.8 Å². The van der Waals surface area contributed by atoms with Crippen molar-refractivity contribution in [3.8, 4) is 0 Å². The van der Waals surface area contributed by atoms with Crippen LogP contribution in [0.5, 0.6) is 0 Å². The summed E-state index contributed by atoms with van der Waals surface area (Å²) in [5.74, 6) is -0.0224. The number of hydrazone groups is 2. The first-order valence-corrected chi connectivity index (χ1v) is 20.9. The van der Waals surface area contributed by atoms with E-state index in [1.165, 1.54) is 54.9 Å². The zero-order valence-corrected chi connectivity index (χ0v) is 34.4. The third-order valence-corrected chi connectivity index (χ3v) is 12.7. The number of carbonyl (C=O) groups excluding carboxylic acids is 1. The van der Waals surface area contributed by atoms with Crippen molar-refractivity contribution in [2.75, 3.05) is 10.0 Å². The van der Waals surface area contributed by atoms with Crippen molar-refractivity contribution < 1.29 is 4.79 Å². The van der Waals surface area contributed by atoms with E-state index in [1.54, 1.807) is 0 Å². The van der Waals surface area contributed by atoms with Gasteiger partial charge in [0.1, 0.15) is 0 Å². The Morgan fingerprint density at radius 1 is 0.450 bits per heavy atom. The third kappa shape index (κ3) is 6.76. The fourth-order valence-corrected chi connectivity index (χ4v) is 8.95. The lowest BCUT2D eigenvalue weighted by atomic mass is 9.93. The van der Waals surface area contributed by atoms with Crippen LogP contribution in [0.3, 0.4) is 0 Å². The van der Waals surface area contributed by atoms with Gasteiger partial charge in [-0.05, 0) is 154 Å². The first kappa shape index (κ1) is 37.2. The summed E-state index contributed by atoms with van der Waals surface area (Å²) in [5, 5.41) is 19.7. The normalized spacial score (nSPS) is 16.4. The molecule has 5 heteroatoms. The molecule has 10 rings (SSSR count). The van der Waals surface area contributed by atoms with Gasteiger partial charge < -0.3 is 0 Å². The van der Waals surface area contributed by atoms with Crippen LogP contribution in [-0.4, -0.2) is 17.2 Å². The summed E-state index contributed by atoms with van der Waals surface area (Å²) >= 11 is 0. The smallest absolute Gasteiger partial charge is 0.193 e. The maximum Gasteiger partial charge on any atom is 0.193 e. The lowest BCUT2D eigenvalue weighted by molar-refractivity contribution is 0.103. The number of fused-ring (bicyclic) bond motifs is 2. The molecular formula is C55H46N4O. The highest BCUT2D eigenvalue weighted by atomic mass is 16.1. The van der Waals surface area contributed by atoms with Crippen LogP contribution in [0.15, 0.2) is 180 Å². The van der Waals surface area contributed by atoms with Gasteiger partial charge >= 0.3 is 0 Å². The van der Waals surface area contributed by atoms with E-state index in [9.17, 15) is 4.79 Å². The van der Waals surface area contributed by atoms with Gasteiger partial charge in [-0.25, -0.2) is 0 Å². The first-order chi connectivity index (χ1) is 29.3. The average molecular weight is 779 g/mol. The Bertz CT molecular complexity index is 2800. The first-order valence-electron chi connectivity index (χ1n) is 20.9. The molecule has 2 atom stereocenters. The molecule has 8 aromatic rings. The minimum Gasteiger partial charge on any atom is -0.289 e. The molecule has 0 bridgehead atoms. The predicted octanol–water partition coefficient (Wildman–Crippen LogP) is 13.2. The van der Waals surface area contributed by atoms with Crippen molar-refractivity contribution in [2.24, 2.45) is 10.2 Å². The van der Waals surface area contributed by atoms with E-state index in [1.807, 2.05) is 48.5 Å². The maximum absolute atomic E-state index is 14.1. The van der Waals surface area contributed by atoms with E-state index < -0.39 is 0 Å². The number of carbonyl (C=O) groups is 1. The minimum absolute atomic E-state index is 0.00305. The van der Waals surface area contributed by atoms with E-state index in [0.29, 0.717) is 11.1 Å². The topological polar surface area (TPSA) is 48.3 Å². The van der Waals surface area contributed by atoms with Crippen LogP contribution >= 0.6 is 0 Å². The summed E-state index contributed by atoms with van der Waals surface area (Å²) in [7, 11) is 0. The van der Waals surface area contributed by atoms with Crippen LogP contribution in [-0.2, 0) is 0 Å². The molecule has 5 nitrogen and oxygen atoms in total. The fraction of sp³-hybridized carbons (Fsp3) is 0.145. The Morgan fingerprint density at radius 3 is 1.27 bits per heavy atom. The number of aryl methyl sites for hydroxylation is 4. The van der Waals surface area contributed by atoms with Gasteiger partial charge in [0.05, 0.1) is 34.9 Å². The van der Waals surface area contributed by atoms with Gasteiger partial charge in [-0.1, -0.05) is 109 Å². The lowest BCUT2D eigenvalue weighted by Gasteiger charge is -2.25. The van der Waals surface area contributed by atoms with Gasteiger partial charge in [0.2, 0.25) is 0 Å². The van der Waals surface area contributed by atoms with Crippen molar-refractivity contribution in [1.29, 1.82) is 0 Å². The summed E-state index contributed by atoms with van der Waals surface area (Å²) in [6.07, 6.45) is 1.55. The second kappa shape index (κ2) is 15.2. The molecule has 0 aromatic heterocycles. The molecule has 2 unspecified atom stereocenters. The van der Waals surface area contributed by atoms with Crippen LogP contribution < -0.4 is 10.0 Å². The Balaban J connectivity index is 0.952. The number of hydrogen-bond acceptors (Lipinski definition) is 5. The van der Waals surface area contributed by atoms with Gasteiger partial charge in [0.15, 0.2) is 5.78 Å². The highest BCUT2D eigenvalue weighted by Gasteiger charge is 2.33. The van der Waals surface area contributed by atoms with E-state index in [2.05, 4.69) is 159 Å². The number of ketones is 1. The second-order valence-electron chi connectivity index (χ2n) is 16.4. The summed E-state index contributed by atoms with van der Waals surface area (Å²) in [6.45, 7) is 8.60. The lowest BCUT2D eigenvalue weighted by Crippen LogP contribution is -2.19. The van der Waals surface area contributed by atoms with Gasteiger partial charge in [0, 0.05) is 24.0 Å². The Hall–Kier alpha value is -7.11. The number of nitrogens with zero attached hydrogens (tertiary/aromatic N) is 4. The number of hydrogen-bond donors (Lipinski definition) is 0. The van der Waals surface area contributed by atoms with Gasteiger partial charge in [-0.15, -0.1) is 0 Å². The number of benzene rings is 8. The van der Waals surface area contributed by atoms with Crippen molar-refractivity contribution in [3.05, 3.63) is 225 Å². The standard InChI is InChI=1S/C55H46N4O/c1-35-19-21-43(31-37(35)3)51-33-53(49-17-9-13-39-11-5-7-15-47(39)49)58(56-51)45-27-23-41(24-28-45)55(60)42-25-29-46(30-26-42)59-54(50-18-10-14-40-12-6-8-16-48(40)50)34-52(57-59)44-22-20-36(2)38(4)32-44/h5-32,53-54H,33-34H2,1-4H3. The minimum atomic E-state index is -0.0224.